The van der Waals surface area contributed by atoms with E-state index < -0.39 is 10.8 Å². The number of carbonyl (C=O) groups is 2. The van der Waals surface area contributed by atoms with Crippen LogP contribution in [0.2, 0.25) is 0 Å². The zero-order valence-electron chi connectivity index (χ0n) is 24.4. The molecule has 7 rings (SSSR count). The Bertz CT molecular complexity index is 2130. The molecule has 44 heavy (non-hydrogen) atoms. The van der Waals surface area contributed by atoms with Crippen LogP contribution in [0, 0.1) is 10.8 Å². The maximum atomic E-state index is 13.3. The average Bonchev–Trinajstić information content (AvgIpc) is 3.42. The van der Waals surface area contributed by atoms with Gasteiger partial charge in [-0.05, 0) is 43.2 Å². The number of allylic oxidation sites excluding steroid dienone is 1. The number of fused-ring (bicyclic) bond motifs is 6. The van der Waals surface area contributed by atoms with E-state index in [4.69, 9.17) is 18.3 Å². The summed E-state index contributed by atoms with van der Waals surface area (Å²) in [4.78, 5) is 26.5. The molecular weight excluding hydrogens is 552 g/mol. The molecule has 0 radical (unpaired) electrons. The second kappa shape index (κ2) is 10.7. The van der Waals surface area contributed by atoms with E-state index >= 15 is 0 Å². The minimum Gasteiger partial charge on any atom is -0.460 e. The minimum atomic E-state index is -1.000. The van der Waals surface area contributed by atoms with Gasteiger partial charge in [-0.1, -0.05) is 97.1 Å². The predicted octanol–water partition coefficient (Wildman–Crippen LogP) is 6.85. The van der Waals surface area contributed by atoms with E-state index in [0.717, 1.165) is 32.7 Å². The molecule has 0 N–H and O–H groups in total. The first kappa shape index (κ1) is 27.5. The maximum absolute atomic E-state index is 13.3. The second-order valence-electron chi connectivity index (χ2n) is 11.6. The minimum absolute atomic E-state index is 0.194. The molecule has 0 saturated heterocycles. The van der Waals surface area contributed by atoms with Crippen molar-refractivity contribution >= 4 is 58.2 Å². The molecule has 2 aromatic heterocycles. The number of rotatable bonds is 6. The molecule has 0 bridgehead atoms. The predicted molar refractivity (Wildman–Crippen MR) is 170 cm³/mol. The highest BCUT2D eigenvalue weighted by Crippen LogP contribution is 2.37. The summed E-state index contributed by atoms with van der Waals surface area (Å²) in [7, 11) is 0. The highest BCUT2D eigenvalue weighted by atomic mass is 16.5. The van der Waals surface area contributed by atoms with Crippen molar-refractivity contribution in [3.05, 3.63) is 130 Å². The molecule has 2 unspecified atom stereocenters. The van der Waals surface area contributed by atoms with Crippen molar-refractivity contribution < 1.29 is 27.9 Å². The molecule has 5 aromatic rings. The average molecular weight is 583 g/mol. The first-order chi connectivity index (χ1) is 21.3. The number of benzene rings is 3. The van der Waals surface area contributed by atoms with Crippen LogP contribution in [0.1, 0.15) is 36.3 Å². The van der Waals surface area contributed by atoms with Crippen LogP contribution in [0.15, 0.2) is 106 Å². The molecule has 3 aromatic carbocycles. The van der Waals surface area contributed by atoms with Gasteiger partial charge in [0.2, 0.25) is 0 Å². The number of furan rings is 2. The van der Waals surface area contributed by atoms with Crippen molar-refractivity contribution in [3.8, 4) is 0 Å². The Hall–Kier alpha value is -5.36. The lowest BCUT2D eigenvalue weighted by Gasteiger charge is -2.19. The van der Waals surface area contributed by atoms with Crippen molar-refractivity contribution in [2.75, 3.05) is 0 Å². The highest BCUT2D eigenvalue weighted by Gasteiger charge is 2.33. The number of hydrogen-bond donors (Lipinski definition) is 0. The van der Waals surface area contributed by atoms with Gasteiger partial charge in [0.1, 0.15) is 46.4 Å². The van der Waals surface area contributed by atoms with Gasteiger partial charge in [0, 0.05) is 27.6 Å². The van der Waals surface area contributed by atoms with Gasteiger partial charge < -0.3 is 18.3 Å². The van der Waals surface area contributed by atoms with Crippen molar-refractivity contribution in [1.82, 2.24) is 0 Å². The molecule has 6 nitrogen and oxygen atoms in total. The summed E-state index contributed by atoms with van der Waals surface area (Å²) in [5, 5.41) is 2.53. The summed E-state index contributed by atoms with van der Waals surface area (Å²) in [6.45, 7) is 4.06. The molecule has 218 valence electrons. The Morgan fingerprint density at radius 2 is 1.32 bits per heavy atom. The SMILES string of the molecule is CC1(C(=O)OCc2ccccc2)C=Cc2oc3cc4oc5c(c4cc3c2C=C1)=CC(C)(C(=O)OCc1ccccc1)C=CC=5. The topological polar surface area (TPSA) is 78.9 Å². The zero-order valence-corrected chi connectivity index (χ0v) is 24.4. The van der Waals surface area contributed by atoms with Crippen LogP contribution in [0.5, 0.6) is 0 Å². The van der Waals surface area contributed by atoms with E-state index in [-0.39, 0.29) is 25.2 Å². The van der Waals surface area contributed by atoms with Crippen LogP contribution in [0.25, 0.3) is 46.2 Å². The van der Waals surface area contributed by atoms with Gasteiger partial charge in [0.25, 0.3) is 0 Å². The van der Waals surface area contributed by atoms with Gasteiger partial charge in [0.15, 0.2) is 0 Å². The van der Waals surface area contributed by atoms with Crippen LogP contribution in [-0.2, 0) is 32.3 Å². The Labute approximate surface area is 253 Å². The number of hydrogen-bond acceptors (Lipinski definition) is 6. The third-order valence-corrected chi connectivity index (χ3v) is 8.25. The van der Waals surface area contributed by atoms with Gasteiger partial charge in [-0.25, -0.2) is 0 Å². The van der Waals surface area contributed by atoms with Crippen LogP contribution < -0.4 is 10.6 Å². The van der Waals surface area contributed by atoms with Crippen LogP contribution in [0.4, 0.5) is 0 Å². The fraction of sp³-hybridized carbons (Fsp3) is 0.158. The van der Waals surface area contributed by atoms with E-state index in [0.29, 0.717) is 22.3 Å². The quantitative estimate of drug-likeness (QED) is 0.204. The van der Waals surface area contributed by atoms with E-state index in [9.17, 15) is 9.59 Å². The summed E-state index contributed by atoms with van der Waals surface area (Å²) < 4.78 is 23.8. The molecular formula is C38H30O6. The van der Waals surface area contributed by atoms with Gasteiger partial charge in [-0.15, -0.1) is 0 Å². The van der Waals surface area contributed by atoms with Crippen LogP contribution >= 0.6 is 0 Å². The maximum Gasteiger partial charge on any atom is 0.319 e. The fourth-order valence-corrected chi connectivity index (χ4v) is 5.60. The summed E-state index contributed by atoms with van der Waals surface area (Å²) >= 11 is 0. The molecule has 6 heteroatoms. The summed E-state index contributed by atoms with van der Waals surface area (Å²) in [5.74, 6) is -0.0546. The van der Waals surface area contributed by atoms with Gasteiger partial charge in [0.05, 0.1) is 0 Å². The van der Waals surface area contributed by atoms with E-state index in [2.05, 4.69) is 0 Å². The Kier molecular flexibility index (Phi) is 6.70. The van der Waals surface area contributed by atoms with E-state index in [1.807, 2.05) is 135 Å². The third-order valence-electron chi connectivity index (χ3n) is 8.25. The Balaban J connectivity index is 1.22. The number of esters is 2. The van der Waals surface area contributed by atoms with E-state index in [1.165, 1.54) is 0 Å². The molecule has 2 heterocycles. The third kappa shape index (κ3) is 4.98. The Morgan fingerprint density at radius 3 is 2.00 bits per heavy atom. The molecule has 0 saturated carbocycles. The van der Waals surface area contributed by atoms with Crippen molar-refractivity contribution in [2.24, 2.45) is 10.8 Å². The molecule has 2 aliphatic carbocycles. The first-order valence-electron chi connectivity index (χ1n) is 14.5. The van der Waals surface area contributed by atoms with Crippen molar-refractivity contribution in [1.29, 1.82) is 0 Å². The monoisotopic (exact) mass is 582 g/mol. The van der Waals surface area contributed by atoms with Crippen LogP contribution in [0.3, 0.4) is 0 Å². The van der Waals surface area contributed by atoms with Gasteiger partial charge in [-0.3, -0.25) is 9.59 Å². The molecule has 2 atom stereocenters. The fourth-order valence-electron chi connectivity index (χ4n) is 5.60. The first-order valence-corrected chi connectivity index (χ1v) is 14.5. The molecule has 2 aliphatic rings. The Morgan fingerprint density at radius 1 is 0.705 bits per heavy atom. The molecule has 0 aliphatic heterocycles. The second-order valence-corrected chi connectivity index (χ2v) is 11.6. The number of ether oxygens (including phenoxy) is 2. The van der Waals surface area contributed by atoms with Crippen molar-refractivity contribution in [3.63, 3.8) is 0 Å². The van der Waals surface area contributed by atoms with E-state index in [1.54, 1.807) is 0 Å². The summed E-state index contributed by atoms with van der Waals surface area (Å²) in [6.07, 6.45) is 14.8. The van der Waals surface area contributed by atoms with Gasteiger partial charge in [-0.2, -0.15) is 0 Å². The lowest BCUT2D eigenvalue weighted by molar-refractivity contribution is -0.151. The standard InChI is InChI=1S/C38H30O6/c1-37(35(39)41-23-25-10-5-3-6-11-25)18-15-27-28-20-29-30-22-38(2,36(40)42-24-26-12-7-4-8-13-26)17-9-14-31(30)43-34(29)21-33(28)44-32(27)16-19-37/h3-22H,23-24H2,1-2H3. The summed E-state index contributed by atoms with van der Waals surface area (Å²) in [5.41, 5.74) is 2.71. The largest absolute Gasteiger partial charge is 0.460 e. The smallest absolute Gasteiger partial charge is 0.319 e. The molecule has 0 spiro atoms. The van der Waals surface area contributed by atoms with Crippen molar-refractivity contribution in [2.45, 2.75) is 27.1 Å². The lowest BCUT2D eigenvalue weighted by Crippen LogP contribution is -2.30. The normalized spacial score (nSPS) is 20.2. The number of carbonyl (C=O) groups excluding carboxylic acids is 2. The van der Waals surface area contributed by atoms with Gasteiger partial charge >= 0.3 is 11.9 Å². The zero-order chi connectivity index (χ0) is 30.3. The highest BCUT2D eigenvalue weighted by molar-refractivity contribution is 6.01. The molecule has 0 fully saturated rings. The summed E-state index contributed by atoms with van der Waals surface area (Å²) in [6, 6.07) is 23.1. The lowest BCUT2D eigenvalue weighted by atomic mass is 9.89. The molecule has 0 amide bonds. The van der Waals surface area contributed by atoms with Crippen LogP contribution in [-0.4, -0.2) is 11.9 Å².